The lowest BCUT2D eigenvalue weighted by Gasteiger charge is -2.11. The van der Waals surface area contributed by atoms with Crippen molar-refractivity contribution in [1.82, 2.24) is 0 Å². The van der Waals surface area contributed by atoms with Crippen LogP contribution in [0.1, 0.15) is 19.8 Å². The van der Waals surface area contributed by atoms with Crippen molar-refractivity contribution in [2.45, 2.75) is 19.8 Å². The number of carbonyl (C=O) groups is 1. The van der Waals surface area contributed by atoms with Crippen molar-refractivity contribution in [2.75, 3.05) is 19.8 Å². The Morgan fingerprint density at radius 3 is 2.41 bits per heavy atom. The first-order chi connectivity index (χ1) is 10.5. The molecule has 1 rings (SSSR count). The molecule has 0 saturated heterocycles. The lowest BCUT2D eigenvalue weighted by atomic mass is 10.0. The lowest BCUT2D eigenvalue weighted by Crippen LogP contribution is -2.11. The molecule has 0 spiro atoms. The molecule has 22 heavy (non-hydrogen) atoms. The third kappa shape index (κ3) is 6.41. The Bertz CT molecular complexity index is 534. The van der Waals surface area contributed by atoms with Crippen LogP contribution in [0.2, 0.25) is 15.1 Å². The van der Waals surface area contributed by atoms with Crippen LogP contribution in [0.25, 0.3) is 0 Å². The highest BCUT2D eigenvalue weighted by Gasteiger charge is 2.12. The molecule has 0 bridgehead atoms. The first-order valence-corrected chi connectivity index (χ1v) is 7.84. The fourth-order valence-electron chi connectivity index (χ4n) is 1.72. The van der Waals surface area contributed by atoms with Crippen LogP contribution in [0, 0.1) is 17.2 Å². The molecule has 4 nitrogen and oxygen atoms in total. The van der Waals surface area contributed by atoms with Gasteiger partial charge in [-0.05, 0) is 31.9 Å². The molecule has 0 saturated carbocycles. The topological polar surface area (TPSA) is 59.3 Å². The van der Waals surface area contributed by atoms with Gasteiger partial charge in [-0.2, -0.15) is 5.26 Å². The van der Waals surface area contributed by atoms with Gasteiger partial charge < -0.3 is 9.47 Å². The Balaban J connectivity index is 2.22. The molecule has 0 heterocycles. The summed E-state index contributed by atoms with van der Waals surface area (Å²) in [5.41, 5.74) is 0. The zero-order valence-electron chi connectivity index (χ0n) is 12.1. The summed E-state index contributed by atoms with van der Waals surface area (Å²) >= 11 is 17.8. The highest BCUT2D eigenvalue weighted by atomic mass is 35.5. The number of ketones is 1. The van der Waals surface area contributed by atoms with Gasteiger partial charge in [-0.15, -0.1) is 0 Å². The van der Waals surface area contributed by atoms with Crippen LogP contribution >= 0.6 is 34.8 Å². The zero-order chi connectivity index (χ0) is 16.5. The Morgan fingerprint density at radius 1 is 1.23 bits per heavy atom. The van der Waals surface area contributed by atoms with Gasteiger partial charge >= 0.3 is 0 Å². The lowest BCUT2D eigenvalue weighted by molar-refractivity contribution is -0.119. The third-order valence-corrected chi connectivity index (χ3v) is 3.64. The number of hydrogen-bond acceptors (Lipinski definition) is 4. The Hall–Kier alpha value is -0.990. The predicted molar refractivity (Wildman–Crippen MR) is 86.8 cm³/mol. The second kappa shape index (κ2) is 9.91. The fraction of sp³-hybridized carbons (Fsp3) is 0.467. The van der Waals surface area contributed by atoms with Gasteiger partial charge in [0, 0.05) is 11.6 Å². The second-order valence-electron chi connectivity index (χ2n) is 4.59. The molecule has 0 N–H and O–H groups in total. The first kappa shape index (κ1) is 19.1. The van der Waals surface area contributed by atoms with Crippen LogP contribution < -0.4 is 4.74 Å². The van der Waals surface area contributed by atoms with Gasteiger partial charge in [0.05, 0.1) is 22.7 Å². The Kier molecular flexibility index (Phi) is 8.59. The highest BCUT2D eigenvalue weighted by molar-refractivity contribution is 6.40. The van der Waals surface area contributed by atoms with Gasteiger partial charge in [-0.25, -0.2) is 0 Å². The summed E-state index contributed by atoms with van der Waals surface area (Å²) in [6, 6.07) is 5.07. The molecule has 1 atom stereocenters. The van der Waals surface area contributed by atoms with Gasteiger partial charge in [-0.3, -0.25) is 4.79 Å². The van der Waals surface area contributed by atoms with Crippen LogP contribution in [-0.4, -0.2) is 25.6 Å². The van der Waals surface area contributed by atoms with E-state index in [-0.39, 0.29) is 12.4 Å². The molecule has 0 aliphatic rings. The van der Waals surface area contributed by atoms with Crippen molar-refractivity contribution in [3.8, 4) is 11.8 Å². The minimum Gasteiger partial charge on any atom is -0.488 e. The van der Waals surface area contributed by atoms with E-state index in [0.717, 1.165) is 0 Å². The smallest absolute Gasteiger partial charge is 0.156 e. The molecule has 0 aromatic heterocycles. The van der Waals surface area contributed by atoms with E-state index < -0.39 is 5.92 Å². The monoisotopic (exact) mass is 363 g/mol. The molecule has 7 heteroatoms. The van der Waals surface area contributed by atoms with E-state index in [9.17, 15) is 4.79 Å². The molecule has 0 aliphatic carbocycles. The summed E-state index contributed by atoms with van der Waals surface area (Å²) in [4.78, 5) is 11.1. The van der Waals surface area contributed by atoms with Crippen molar-refractivity contribution in [2.24, 2.45) is 5.92 Å². The first-order valence-electron chi connectivity index (χ1n) is 6.71. The van der Waals surface area contributed by atoms with E-state index >= 15 is 0 Å². The number of benzene rings is 1. The highest BCUT2D eigenvalue weighted by Crippen LogP contribution is 2.35. The molecule has 1 unspecified atom stereocenters. The number of halogens is 3. The summed E-state index contributed by atoms with van der Waals surface area (Å²) in [7, 11) is 0. The van der Waals surface area contributed by atoms with Crippen LogP contribution in [-0.2, 0) is 9.53 Å². The largest absolute Gasteiger partial charge is 0.488 e. The van der Waals surface area contributed by atoms with Gasteiger partial charge in [0.1, 0.15) is 18.3 Å². The van der Waals surface area contributed by atoms with E-state index in [1.165, 1.54) is 6.92 Å². The maximum atomic E-state index is 11.1. The van der Waals surface area contributed by atoms with Crippen molar-refractivity contribution < 1.29 is 14.3 Å². The van der Waals surface area contributed by atoms with Crippen molar-refractivity contribution in [1.29, 1.82) is 5.26 Å². The summed E-state index contributed by atoms with van der Waals surface area (Å²) in [6.07, 6.45) is 1.14. The van der Waals surface area contributed by atoms with Crippen molar-refractivity contribution in [3.05, 3.63) is 27.2 Å². The summed E-state index contributed by atoms with van der Waals surface area (Å²) in [5, 5.41) is 9.90. The minimum absolute atomic E-state index is 0.113. The molecule has 1 aromatic carbocycles. The third-order valence-electron chi connectivity index (χ3n) is 2.87. The maximum Gasteiger partial charge on any atom is 0.156 e. The molecular formula is C15H16Cl3NO3. The number of Topliss-reactive ketones (excluding diaryl/α,β-unsaturated/α-hetero) is 1. The standard InChI is InChI=1S/C15H16Cl3NO3/c1-10(20)11(9-19)3-2-4-21-5-6-22-15-13(17)7-12(16)8-14(15)18/h7-8,11H,2-6H2,1H3. The second-order valence-corrected chi connectivity index (χ2v) is 5.84. The quantitative estimate of drug-likeness (QED) is 0.603. The molecular weight excluding hydrogens is 349 g/mol. The Morgan fingerprint density at radius 2 is 1.86 bits per heavy atom. The predicted octanol–water partition coefficient (Wildman–Crippen LogP) is 4.55. The Labute approximate surface area is 144 Å². The number of carbonyl (C=O) groups excluding carboxylic acids is 1. The molecule has 0 radical (unpaired) electrons. The molecule has 1 aromatic rings. The zero-order valence-corrected chi connectivity index (χ0v) is 14.3. The van der Waals surface area contributed by atoms with Gasteiger partial charge in [0.15, 0.2) is 5.75 Å². The van der Waals surface area contributed by atoms with Crippen LogP contribution in [0.15, 0.2) is 12.1 Å². The SMILES string of the molecule is CC(=O)C(C#N)CCCOCCOc1c(Cl)cc(Cl)cc1Cl. The van der Waals surface area contributed by atoms with E-state index in [0.29, 0.717) is 46.9 Å². The van der Waals surface area contributed by atoms with Gasteiger partial charge in [0.25, 0.3) is 0 Å². The summed E-state index contributed by atoms with van der Waals surface area (Å²) in [5.74, 6) is -0.290. The number of rotatable bonds is 9. The molecule has 0 fully saturated rings. The van der Waals surface area contributed by atoms with E-state index in [1.807, 2.05) is 6.07 Å². The van der Waals surface area contributed by atoms with Crippen LogP contribution in [0.4, 0.5) is 0 Å². The number of nitriles is 1. The summed E-state index contributed by atoms with van der Waals surface area (Å²) < 4.78 is 10.8. The fourth-order valence-corrected chi connectivity index (χ4v) is 2.65. The average molecular weight is 365 g/mol. The molecule has 0 aliphatic heterocycles. The normalized spacial score (nSPS) is 11.8. The number of ether oxygens (including phenoxy) is 2. The number of nitrogens with zero attached hydrogens (tertiary/aromatic N) is 1. The average Bonchev–Trinajstić information content (AvgIpc) is 2.43. The maximum absolute atomic E-state index is 11.1. The van der Waals surface area contributed by atoms with E-state index in [2.05, 4.69) is 0 Å². The van der Waals surface area contributed by atoms with Crippen molar-refractivity contribution in [3.63, 3.8) is 0 Å². The molecule has 0 amide bonds. The van der Waals surface area contributed by atoms with Crippen LogP contribution in [0.5, 0.6) is 5.75 Å². The molecule has 120 valence electrons. The van der Waals surface area contributed by atoms with Crippen molar-refractivity contribution >= 4 is 40.6 Å². The van der Waals surface area contributed by atoms with Gasteiger partial charge in [-0.1, -0.05) is 34.8 Å². The minimum atomic E-state index is -0.550. The van der Waals surface area contributed by atoms with Crippen LogP contribution in [0.3, 0.4) is 0 Å². The number of hydrogen-bond donors (Lipinski definition) is 0. The summed E-state index contributed by atoms with van der Waals surface area (Å²) in [6.45, 7) is 2.52. The van der Waals surface area contributed by atoms with E-state index in [1.54, 1.807) is 12.1 Å². The van der Waals surface area contributed by atoms with Gasteiger partial charge in [0.2, 0.25) is 0 Å². The van der Waals surface area contributed by atoms with E-state index in [4.69, 9.17) is 49.5 Å².